The lowest BCUT2D eigenvalue weighted by molar-refractivity contribution is 0.0906. The molecule has 3 rings (SSSR count). The third kappa shape index (κ3) is 4.22. The minimum absolute atomic E-state index is 0.196. The van der Waals surface area contributed by atoms with Gasteiger partial charge in [0.2, 0.25) is 0 Å². The van der Waals surface area contributed by atoms with Crippen LogP contribution in [0.2, 0.25) is 5.02 Å². The van der Waals surface area contributed by atoms with E-state index in [9.17, 15) is 4.79 Å². The van der Waals surface area contributed by atoms with Crippen LogP contribution >= 0.6 is 11.6 Å². The van der Waals surface area contributed by atoms with Crippen LogP contribution in [0.5, 0.6) is 0 Å². The van der Waals surface area contributed by atoms with Crippen molar-refractivity contribution in [2.24, 2.45) is 7.05 Å². The lowest BCUT2D eigenvalue weighted by atomic mass is 10.0. The molecule has 140 valence electrons. The van der Waals surface area contributed by atoms with Crippen LogP contribution in [0.25, 0.3) is 22.5 Å². The van der Waals surface area contributed by atoms with Crippen molar-refractivity contribution in [3.8, 4) is 22.5 Å². The molecule has 0 radical (unpaired) electrons. The highest BCUT2D eigenvalue weighted by Crippen LogP contribution is 2.33. The number of carbonyl (C=O) groups excluding carboxylic acids is 1. The van der Waals surface area contributed by atoms with Gasteiger partial charge in [-0.05, 0) is 39.8 Å². The Bertz CT molecular complexity index is 965. The first-order chi connectivity index (χ1) is 12.7. The van der Waals surface area contributed by atoms with Crippen molar-refractivity contribution in [2.75, 3.05) is 0 Å². The maximum Gasteiger partial charge on any atom is 0.287 e. The molecule has 0 saturated heterocycles. The van der Waals surface area contributed by atoms with Gasteiger partial charge >= 0.3 is 0 Å². The smallest absolute Gasteiger partial charge is 0.287 e. The van der Waals surface area contributed by atoms with Crippen molar-refractivity contribution in [2.45, 2.75) is 33.2 Å². The molecular weight excluding hydrogens is 358 g/mol. The average molecular weight is 382 g/mol. The van der Waals surface area contributed by atoms with E-state index in [0.29, 0.717) is 10.8 Å². The number of nitrogens with zero attached hydrogens (tertiary/aromatic N) is 2. The normalized spacial score (nSPS) is 11.5. The van der Waals surface area contributed by atoms with Gasteiger partial charge < -0.3 is 9.88 Å². The summed E-state index contributed by atoms with van der Waals surface area (Å²) in [5.74, 6) is 0.184. The van der Waals surface area contributed by atoms with E-state index < -0.39 is 0 Å². The van der Waals surface area contributed by atoms with Crippen molar-refractivity contribution in [1.82, 2.24) is 14.9 Å². The molecule has 2 aromatic carbocycles. The predicted molar refractivity (Wildman–Crippen MR) is 111 cm³/mol. The van der Waals surface area contributed by atoms with Gasteiger partial charge in [0.15, 0.2) is 5.82 Å². The molecule has 0 aliphatic carbocycles. The summed E-state index contributed by atoms with van der Waals surface area (Å²) in [5.41, 5.74) is 4.43. The minimum atomic E-state index is -0.340. The van der Waals surface area contributed by atoms with E-state index in [1.807, 2.05) is 56.7 Å². The van der Waals surface area contributed by atoms with Gasteiger partial charge in [-0.3, -0.25) is 4.79 Å². The van der Waals surface area contributed by atoms with Crippen molar-refractivity contribution < 1.29 is 4.79 Å². The van der Waals surface area contributed by atoms with Gasteiger partial charge in [0.1, 0.15) is 0 Å². The summed E-state index contributed by atoms with van der Waals surface area (Å²) in [6.07, 6.45) is 0. The number of benzene rings is 2. The fourth-order valence-electron chi connectivity index (χ4n) is 2.95. The molecular formula is C22H24ClN3O. The van der Waals surface area contributed by atoms with Gasteiger partial charge in [0.25, 0.3) is 5.91 Å². The van der Waals surface area contributed by atoms with E-state index in [-0.39, 0.29) is 11.4 Å². The zero-order valence-electron chi connectivity index (χ0n) is 16.3. The second-order valence-corrected chi connectivity index (χ2v) is 8.21. The van der Waals surface area contributed by atoms with Gasteiger partial charge in [-0.25, -0.2) is 4.98 Å². The van der Waals surface area contributed by atoms with E-state index in [1.54, 1.807) is 0 Å². The van der Waals surface area contributed by atoms with Crippen LogP contribution in [0.15, 0.2) is 48.5 Å². The zero-order valence-corrected chi connectivity index (χ0v) is 17.1. The Labute approximate surface area is 165 Å². The number of hydrogen-bond acceptors (Lipinski definition) is 2. The predicted octanol–water partition coefficient (Wildman–Crippen LogP) is 5.24. The molecule has 27 heavy (non-hydrogen) atoms. The molecule has 0 aliphatic heterocycles. The first kappa shape index (κ1) is 19.2. The van der Waals surface area contributed by atoms with Crippen molar-refractivity contribution in [3.63, 3.8) is 0 Å². The molecule has 0 fully saturated rings. The Morgan fingerprint density at radius 1 is 1.00 bits per heavy atom. The van der Waals surface area contributed by atoms with Crippen LogP contribution in [-0.2, 0) is 7.05 Å². The fourth-order valence-corrected chi connectivity index (χ4v) is 3.08. The largest absolute Gasteiger partial charge is 0.345 e. The van der Waals surface area contributed by atoms with E-state index in [1.165, 1.54) is 5.56 Å². The Hall–Kier alpha value is -2.59. The van der Waals surface area contributed by atoms with Crippen LogP contribution in [0, 0.1) is 6.92 Å². The van der Waals surface area contributed by atoms with E-state index in [2.05, 4.69) is 36.5 Å². The maximum atomic E-state index is 12.8. The number of imidazole rings is 1. The molecule has 0 unspecified atom stereocenters. The number of hydrogen-bond donors (Lipinski definition) is 1. The standard InChI is InChI=1S/C22H24ClN3O/c1-14-6-8-16(9-7-14)19-18(15-10-12-17(23)13-11-15)24-20(26(19)5)21(27)25-22(2,3)4/h6-13H,1-5H3,(H,25,27). The summed E-state index contributed by atoms with van der Waals surface area (Å²) in [5, 5.41) is 3.66. The van der Waals surface area contributed by atoms with Crippen molar-refractivity contribution >= 4 is 17.5 Å². The van der Waals surface area contributed by atoms with E-state index in [4.69, 9.17) is 16.6 Å². The van der Waals surface area contributed by atoms with Crippen molar-refractivity contribution in [1.29, 1.82) is 0 Å². The van der Waals surface area contributed by atoms with Crippen LogP contribution < -0.4 is 5.32 Å². The molecule has 1 amide bonds. The molecule has 4 nitrogen and oxygen atoms in total. The van der Waals surface area contributed by atoms with Gasteiger partial charge in [-0.1, -0.05) is 53.6 Å². The van der Waals surface area contributed by atoms with Crippen LogP contribution in [0.4, 0.5) is 0 Å². The second-order valence-electron chi connectivity index (χ2n) is 7.77. The Balaban J connectivity index is 2.18. The topological polar surface area (TPSA) is 46.9 Å². The fraction of sp³-hybridized carbons (Fsp3) is 0.273. The summed E-state index contributed by atoms with van der Waals surface area (Å²) in [4.78, 5) is 17.5. The van der Waals surface area contributed by atoms with Gasteiger partial charge in [-0.15, -0.1) is 0 Å². The SMILES string of the molecule is Cc1ccc(-c2c(-c3ccc(Cl)cc3)nc(C(=O)NC(C)(C)C)n2C)cc1. The summed E-state index contributed by atoms with van der Waals surface area (Å²) in [6, 6.07) is 15.7. The zero-order chi connectivity index (χ0) is 19.8. The minimum Gasteiger partial charge on any atom is -0.345 e. The summed E-state index contributed by atoms with van der Waals surface area (Å²) >= 11 is 6.04. The van der Waals surface area contributed by atoms with E-state index >= 15 is 0 Å². The van der Waals surface area contributed by atoms with Crippen molar-refractivity contribution in [3.05, 3.63) is 64.9 Å². The number of carbonyl (C=O) groups is 1. The highest BCUT2D eigenvalue weighted by molar-refractivity contribution is 6.30. The molecule has 1 aromatic heterocycles. The molecule has 0 spiro atoms. The van der Waals surface area contributed by atoms with Gasteiger partial charge in [0, 0.05) is 28.7 Å². The lowest BCUT2D eigenvalue weighted by Crippen LogP contribution is -2.41. The summed E-state index contributed by atoms with van der Waals surface area (Å²) in [7, 11) is 1.87. The molecule has 0 atom stereocenters. The number of aryl methyl sites for hydroxylation is 1. The Morgan fingerprint density at radius 3 is 2.11 bits per heavy atom. The molecule has 5 heteroatoms. The molecule has 0 bridgehead atoms. The number of rotatable bonds is 3. The lowest BCUT2D eigenvalue weighted by Gasteiger charge is -2.20. The number of halogens is 1. The molecule has 1 heterocycles. The Morgan fingerprint density at radius 2 is 1.56 bits per heavy atom. The molecule has 3 aromatic rings. The number of aromatic nitrogens is 2. The third-order valence-corrected chi connectivity index (χ3v) is 4.48. The monoisotopic (exact) mass is 381 g/mol. The molecule has 0 aliphatic rings. The average Bonchev–Trinajstić information content (AvgIpc) is 2.92. The highest BCUT2D eigenvalue weighted by Gasteiger charge is 2.24. The first-order valence-electron chi connectivity index (χ1n) is 8.88. The second kappa shape index (κ2) is 7.20. The summed E-state index contributed by atoms with van der Waals surface area (Å²) in [6.45, 7) is 7.91. The Kier molecular flexibility index (Phi) is 5.11. The van der Waals surface area contributed by atoms with Crippen LogP contribution in [-0.4, -0.2) is 21.0 Å². The molecule has 1 N–H and O–H groups in total. The number of amides is 1. The van der Waals surface area contributed by atoms with Gasteiger partial charge in [-0.2, -0.15) is 0 Å². The highest BCUT2D eigenvalue weighted by atomic mass is 35.5. The van der Waals surface area contributed by atoms with Crippen LogP contribution in [0.3, 0.4) is 0 Å². The quantitative estimate of drug-likeness (QED) is 0.674. The van der Waals surface area contributed by atoms with Gasteiger partial charge in [0.05, 0.1) is 11.4 Å². The van der Waals surface area contributed by atoms with E-state index in [0.717, 1.165) is 22.5 Å². The maximum absolute atomic E-state index is 12.8. The summed E-state index contributed by atoms with van der Waals surface area (Å²) < 4.78 is 1.86. The third-order valence-electron chi connectivity index (χ3n) is 4.23. The molecule has 0 saturated carbocycles. The first-order valence-corrected chi connectivity index (χ1v) is 9.26. The number of nitrogens with one attached hydrogen (secondary N) is 1. The van der Waals surface area contributed by atoms with Crippen LogP contribution in [0.1, 0.15) is 37.0 Å².